The number of amides is 3. The molecule has 3 amide bonds. The molecular formula is C24H31N3O4. The molecule has 31 heavy (non-hydrogen) atoms. The molecule has 1 aliphatic heterocycles. The minimum Gasteiger partial charge on any atom is -0.493 e. The van der Waals surface area contributed by atoms with Crippen molar-refractivity contribution in [2.45, 2.75) is 38.8 Å². The summed E-state index contributed by atoms with van der Waals surface area (Å²) in [5.41, 5.74) is 3.16. The average molecular weight is 426 g/mol. The van der Waals surface area contributed by atoms with Crippen molar-refractivity contribution in [3.8, 4) is 11.5 Å². The molecule has 7 nitrogen and oxygen atoms in total. The van der Waals surface area contributed by atoms with Crippen molar-refractivity contribution in [1.82, 2.24) is 15.5 Å². The lowest BCUT2D eigenvalue weighted by atomic mass is 9.99. The van der Waals surface area contributed by atoms with Gasteiger partial charge in [-0.25, -0.2) is 4.79 Å². The fraction of sp³-hybridized carbons (Fsp3) is 0.417. The largest absolute Gasteiger partial charge is 0.493 e. The number of carbonyl (C=O) groups is 2. The molecule has 166 valence electrons. The number of nitrogens with zero attached hydrogens (tertiary/aromatic N) is 1. The minimum atomic E-state index is -0.631. The first kappa shape index (κ1) is 22.5. The highest BCUT2D eigenvalue weighted by atomic mass is 16.5. The van der Waals surface area contributed by atoms with Crippen LogP contribution in [0.2, 0.25) is 0 Å². The molecule has 0 aromatic heterocycles. The summed E-state index contributed by atoms with van der Waals surface area (Å²) in [7, 11) is 3.21. The highest BCUT2D eigenvalue weighted by Crippen LogP contribution is 2.33. The van der Waals surface area contributed by atoms with Gasteiger partial charge >= 0.3 is 6.03 Å². The summed E-state index contributed by atoms with van der Waals surface area (Å²) < 4.78 is 10.8. The van der Waals surface area contributed by atoms with Crippen LogP contribution >= 0.6 is 0 Å². The van der Waals surface area contributed by atoms with Gasteiger partial charge in [-0.1, -0.05) is 37.3 Å². The van der Waals surface area contributed by atoms with Gasteiger partial charge in [0.2, 0.25) is 5.91 Å². The number of hydrogen-bond acceptors (Lipinski definition) is 4. The van der Waals surface area contributed by atoms with Crippen molar-refractivity contribution in [2.24, 2.45) is 0 Å². The van der Waals surface area contributed by atoms with Crippen LogP contribution in [0.4, 0.5) is 4.79 Å². The third kappa shape index (κ3) is 5.69. The average Bonchev–Trinajstić information content (AvgIpc) is 2.81. The van der Waals surface area contributed by atoms with Gasteiger partial charge in [0.15, 0.2) is 11.5 Å². The predicted molar refractivity (Wildman–Crippen MR) is 119 cm³/mol. The van der Waals surface area contributed by atoms with Gasteiger partial charge < -0.3 is 25.0 Å². The van der Waals surface area contributed by atoms with Crippen LogP contribution in [0, 0.1) is 0 Å². The number of urea groups is 1. The molecule has 0 fully saturated rings. The Morgan fingerprint density at radius 2 is 1.74 bits per heavy atom. The van der Waals surface area contributed by atoms with Gasteiger partial charge in [0.1, 0.15) is 6.04 Å². The van der Waals surface area contributed by atoms with Crippen LogP contribution in [-0.4, -0.2) is 50.2 Å². The molecule has 0 aliphatic carbocycles. The van der Waals surface area contributed by atoms with E-state index in [-0.39, 0.29) is 11.9 Å². The number of hydrogen-bond donors (Lipinski definition) is 2. The van der Waals surface area contributed by atoms with E-state index in [1.54, 1.807) is 19.1 Å². The highest BCUT2D eigenvalue weighted by molar-refractivity contribution is 5.87. The number of nitrogens with one attached hydrogen (secondary N) is 2. The maximum absolute atomic E-state index is 13.0. The second kappa shape index (κ2) is 10.7. The molecule has 1 aliphatic rings. The van der Waals surface area contributed by atoms with Gasteiger partial charge in [0.25, 0.3) is 0 Å². The Kier molecular flexibility index (Phi) is 7.76. The summed E-state index contributed by atoms with van der Waals surface area (Å²) in [4.78, 5) is 27.5. The second-order valence-corrected chi connectivity index (χ2v) is 7.63. The number of carbonyl (C=O) groups excluding carboxylic acids is 2. The summed E-state index contributed by atoms with van der Waals surface area (Å²) >= 11 is 0. The van der Waals surface area contributed by atoms with E-state index < -0.39 is 6.04 Å². The van der Waals surface area contributed by atoms with Crippen LogP contribution in [0.5, 0.6) is 11.5 Å². The Morgan fingerprint density at radius 1 is 1.06 bits per heavy atom. The molecule has 3 rings (SSSR count). The van der Waals surface area contributed by atoms with Crippen molar-refractivity contribution >= 4 is 11.9 Å². The standard InChI is InChI=1S/C24H31N3O4/c1-4-11-25-23(28)20(13-17-8-6-5-7-9-17)26-24(29)27-12-10-18-14-21(30-2)22(31-3)15-19(18)16-27/h5-9,14-15,20H,4,10-13,16H2,1-3H3,(H,25,28)(H,26,29)/t20-/m0/s1. The number of methoxy groups -OCH3 is 2. The molecule has 0 unspecified atom stereocenters. The zero-order chi connectivity index (χ0) is 22.2. The lowest BCUT2D eigenvalue weighted by Gasteiger charge is -2.31. The van der Waals surface area contributed by atoms with Crippen molar-refractivity contribution in [2.75, 3.05) is 27.3 Å². The molecule has 1 heterocycles. The molecule has 2 aromatic carbocycles. The zero-order valence-electron chi connectivity index (χ0n) is 18.4. The van der Waals surface area contributed by atoms with Gasteiger partial charge in [-0.2, -0.15) is 0 Å². The third-order valence-electron chi connectivity index (χ3n) is 5.45. The normalized spacial score (nSPS) is 13.7. The fourth-order valence-corrected chi connectivity index (χ4v) is 3.73. The SMILES string of the molecule is CCCNC(=O)[C@H](Cc1ccccc1)NC(=O)N1CCc2cc(OC)c(OC)cc2C1. The van der Waals surface area contributed by atoms with Crippen LogP contribution in [0.3, 0.4) is 0 Å². The van der Waals surface area contributed by atoms with Crippen LogP contribution < -0.4 is 20.1 Å². The molecule has 0 radical (unpaired) electrons. The van der Waals surface area contributed by atoms with E-state index in [9.17, 15) is 9.59 Å². The van der Waals surface area contributed by atoms with Crippen molar-refractivity contribution in [1.29, 1.82) is 0 Å². The molecule has 7 heteroatoms. The summed E-state index contributed by atoms with van der Waals surface area (Å²) in [5, 5.41) is 5.85. The van der Waals surface area contributed by atoms with E-state index in [1.807, 2.05) is 49.4 Å². The Bertz CT molecular complexity index is 901. The van der Waals surface area contributed by atoms with Gasteiger partial charge in [0, 0.05) is 26.1 Å². The monoisotopic (exact) mass is 425 g/mol. The van der Waals surface area contributed by atoms with E-state index in [2.05, 4.69) is 10.6 Å². The smallest absolute Gasteiger partial charge is 0.318 e. The van der Waals surface area contributed by atoms with Gasteiger partial charge in [0.05, 0.1) is 14.2 Å². The Labute approximate surface area is 183 Å². The van der Waals surface area contributed by atoms with Gasteiger partial charge in [-0.15, -0.1) is 0 Å². The maximum Gasteiger partial charge on any atom is 0.318 e. The molecule has 0 spiro atoms. The van der Waals surface area contributed by atoms with Crippen molar-refractivity contribution < 1.29 is 19.1 Å². The molecule has 2 N–H and O–H groups in total. The molecular weight excluding hydrogens is 394 g/mol. The quantitative estimate of drug-likeness (QED) is 0.682. The second-order valence-electron chi connectivity index (χ2n) is 7.63. The lowest BCUT2D eigenvalue weighted by molar-refractivity contribution is -0.122. The van der Waals surface area contributed by atoms with E-state index in [4.69, 9.17) is 9.47 Å². The van der Waals surface area contributed by atoms with Crippen LogP contribution in [-0.2, 0) is 24.2 Å². The summed E-state index contributed by atoms with van der Waals surface area (Å²) in [6.45, 7) is 3.61. The number of benzene rings is 2. The molecule has 0 bridgehead atoms. The van der Waals surface area contributed by atoms with Crippen molar-refractivity contribution in [3.05, 3.63) is 59.2 Å². The zero-order valence-corrected chi connectivity index (χ0v) is 18.4. The third-order valence-corrected chi connectivity index (χ3v) is 5.45. The van der Waals surface area contributed by atoms with Crippen molar-refractivity contribution in [3.63, 3.8) is 0 Å². The Balaban J connectivity index is 1.72. The molecule has 0 saturated heterocycles. The van der Waals surface area contributed by atoms with E-state index in [0.29, 0.717) is 44.0 Å². The highest BCUT2D eigenvalue weighted by Gasteiger charge is 2.27. The molecule has 0 saturated carbocycles. The first-order valence-electron chi connectivity index (χ1n) is 10.7. The van der Waals surface area contributed by atoms with Crippen LogP contribution in [0.15, 0.2) is 42.5 Å². The maximum atomic E-state index is 13.0. The molecule has 1 atom stereocenters. The number of fused-ring (bicyclic) bond motifs is 1. The first-order chi connectivity index (χ1) is 15.0. The lowest BCUT2D eigenvalue weighted by Crippen LogP contribution is -2.53. The fourth-order valence-electron chi connectivity index (χ4n) is 3.73. The summed E-state index contributed by atoms with van der Waals surface area (Å²) in [6, 6.07) is 12.7. The van der Waals surface area contributed by atoms with E-state index in [0.717, 1.165) is 23.1 Å². The van der Waals surface area contributed by atoms with Crippen LogP contribution in [0.1, 0.15) is 30.0 Å². The van der Waals surface area contributed by atoms with Gasteiger partial charge in [-0.05, 0) is 41.7 Å². The summed E-state index contributed by atoms with van der Waals surface area (Å²) in [5.74, 6) is 1.17. The summed E-state index contributed by atoms with van der Waals surface area (Å²) in [6.07, 6.45) is 2.00. The van der Waals surface area contributed by atoms with Gasteiger partial charge in [-0.3, -0.25) is 4.79 Å². The number of ether oxygens (including phenoxy) is 2. The Hall–Kier alpha value is -3.22. The number of rotatable bonds is 8. The van der Waals surface area contributed by atoms with E-state index >= 15 is 0 Å². The topological polar surface area (TPSA) is 79.9 Å². The Morgan fingerprint density at radius 3 is 2.39 bits per heavy atom. The van der Waals surface area contributed by atoms with E-state index in [1.165, 1.54) is 0 Å². The minimum absolute atomic E-state index is 0.164. The molecule has 2 aromatic rings. The first-order valence-corrected chi connectivity index (χ1v) is 10.7. The predicted octanol–water partition coefficient (Wildman–Crippen LogP) is 2.91. The van der Waals surface area contributed by atoms with Crippen LogP contribution in [0.25, 0.3) is 0 Å².